The van der Waals surface area contributed by atoms with Crippen molar-refractivity contribution in [1.29, 1.82) is 0 Å². The molecule has 0 heterocycles. The predicted molar refractivity (Wildman–Crippen MR) is 82.1 cm³/mol. The van der Waals surface area contributed by atoms with E-state index in [0.717, 1.165) is 36.2 Å². The van der Waals surface area contributed by atoms with Crippen LogP contribution in [0.3, 0.4) is 0 Å². The number of nitrogens with one attached hydrogen (secondary N) is 1. The second-order valence-corrected chi connectivity index (χ2v) is 6.40. The zero-order valence-corrected chi connectivity index (χ0v) is 12.5. The summed E-state index contributed by atoms with van der Waals surface area (Å²) >= 11 is 0. The maximum Gasteiger partial charge on any atom is 0.255 e. The molecule has 0 spiro atoms. The molecule has 2 fully saturated rings. The molecule has 0 aromatic heterocycles. The summed E-state index contributed by atoms with van der Waals surface area (Å²) in [6, 6.07) is 6.05. The minimum atomic E-state index is 0.202. The highest BCUT2D eigenvalue weighted by atomic mass is 16.2. The van der Waals surface area contributed by atoms with Gasteiger partial charge in [0.25, 0.3) is 5.91 Å². The van der Waals surface area contributed by atoms with E-state index >= 15 is 0 Å². The van der Waals surface area contributed by atoms with Gasteiger partial charge in [-0.2, -0.15) is 0 Å². The summed E-state index contributed by atoms with van der Waals surface area (Å²) in [6.07, 6.45) is 5.17. The van der Waals surface area contributed by atoms with Gasteiger partial charge in [0, 0.05) is 25.8 Å². The molecule has 1 N–H and O–H groups in total. The van der Waals surface area contributed by atoms with Crippen molar-refractivity contribution < 1.29 is 4.79 Å². The Balaban J connectivity index is 1.79. The van der Waals surface area contributed by atoms with Crippen LogP contribution in [-0.4, -0.2) is 30.9 Å². The van der Waals surface area contributed by atoms with Gasteiger partial charge in [-0.15, -0.1) is 0 Å². The quantitative estimate of drug-likeness (QED) is 0.861. The van der Waals surface area contributed by atoms with Crippen LogP contribution in [0.15, 0.2) is 18.2 Å². The van der Waals surface area contributed by atoms with Crippen LogP contribution in [0.25, 0.3) is 0 Å². The monoisotopic (exact) mass is 272 g/mol. The molecule has 0 saturated heterocycles. The highest BCUT2D eigenvalue weighted by Gasteiger charge is 2.32. The van der Waals surface area contributed by atoms with Gasteiger partial charge in [0.1, 0.15) is 0 Å². The first-order valence-electron chi connectivity index (χ1n) is 7.75. The van der Waals surface area contributed by atoms with Crippen molar-refractivity contribution in [2.75, 3.05) is 25.5 Å². The van der Waals surface area contributed by atoms with Crippen molar-refractivity contribution in [3.63, 3.8) is 0 Å². The number of nitrogens with zero attached hydrogens (tertiary/aromatic N) is 1. The highest BCUT2D eigenvalue weighted by molar-refractivity contribution is 5.99. The Bertz CT molecular complexity index is 490. The van der Waals surface area contributed by atoms with Crippen molar-refractivity contribution in [3.05, 3.63) is 29.3 Å². The lowest BCUT2D eigenvalue weighted by molar-refractivity contribution is 0.0740. The van der Waals surface area contributed by atoms with Gasteiger partial charge in [0.2, 0.25) is 0 Å². The number of hydrogen-bond acceptors (Lipinski definition) is 2. The topological polar surface area (TPSA) is 32.3 Å². The first-order chi connectivity index (χ1) is 9.67. The Kier molecular flexibility index (Phi) is 3.68. The molecule has 0 aliphatic heterocycles. The first-order valence-corrected chi connectivity index (χ1v) is 7.75. The average molecular weight is 272 g/mol. The van der Waals surface area contributed by atoms with Crippen LogP contribution in [0.2, 0.25) is 0 Å². The van der Waals surface area contributed by atoms with Crippen LogP contribution in [0.5, 0.6) is 0 Å². The van der Waals surface area contributed by atoms with Crippen molar-refractivity contribution in [1.82, 2.24) is 4.90 Å². The lowest BCUT2D eigenvalue weighted by atomic mass is 10.1. The van der Waals surface area contributed by atoms with Gasteiger partial charge < -0.3 is 10.2 Å². The fourth-order valence-corrected chi connectivity index (χ4v) is 2.69. The number of amides is 1. The standard InChI is InChI=1S/C17H24N2O/c1-12-3-8-15(16(9-12)18-2)17(20)19(10-13-4-5-13)11-14-6-7-14/h3,8-9,13-14,18H,4-7,10-11H2,1-2H3. The Morgan fingerprint density at radius 1 is 1.20 bits per heavy atom. The molecular formula is C17H24N2O. The van der Waals surface area contributed by atoms with Crippen molar-refractivity contribution >= 4 is 11.6 Å². The number of aryl methyl sites for hydroxylation is 1. The van der Waals surface area contributed by atoms with Gasteiger partial charge in [0.15, 0.2) is 0 Å². The lowest BCUT2D eigenvalue weighted by Crippen LogP contribution is -2.35. The molecule has 3 heteroatoms. The van der Waals surface area contributed by atoms with Gasteiger partial charge in [-0.05, 0) is 62.1 Å². The van der Waals surface area contributed by atoms with E-state index in [9.17, 15) is 4.79 Å². The van der Waals surface area contributed by atoms with Gasteiger partial charge in [-0.1, -0.05) is 6.07 Å². The molecule has 1 aromatic rings. The van der Waals surface area contributed by atoms with Crippen LogP contribution >= 0.6 is 0 Å². The van der Waals surface area contributed by atoms with E-state index in [4.69, 9.17) is 0 Å². The minimum absolute atomic E-state index is 0.202. The van der Waals surface area contributed by atoms with Gasteiger partial charge in [-0.3, -0.25) is 4.79 Å². The summed E-state index contributed by atoms with van der Waals surface area (Å²) in [5.74, 6) is 1.70. The summed E-state index contributed by atoms with van der Waals surface area (Å²) in [6.45, 7) is 3.96. The molecule has 0 unspecified atom stereocenters. The van der Waals surface area contributed by atoms with Crippen LogP contribution in [0.4, 0.5) is 5.69 Å². The first kappa shape index (κ1) is 13.5. The van der Waals surface area contributed by atoms with Gasteiger partial charge >= 0.3 is 0 Å². The predicted octanol–water partition coefficient (Wildman–Crippen LogP) is 3.30. The van der Waals surface area contributed by atoms with E-state index in [1.165, 1.54) is 31.2 Å². The third-order valence-corrected chi connectivity index (χ3v) is 4.31. The molecule has 2 saturated carbocycles. The molecule has 0 radical (unpaired) electrons. The van der Waals surface area contributed by atoms with E-state index < -0.39 is 0 Å². The molecule has 1 amide bonds. The maximum atomic E-state index is 12.8. The summed E-state index contributed by atoms with van der Waals surface area (Å²) in [7, 11) is 1.89. The number of carbonyl (C=O) groups excluding carboxylic acids is 1. The number of carbonyl (C=O) groups is 1. The van der Waals surface area contributed by atoms with E-state index in [1.54, 1.807) is 0 Å². The highest BCUT2D eigenvalue weighted by Crippen LogP contribution is 2.34. The Hall–Kier alpha value is -1.51. The molecule has 108 valence electrons. The summed E-state index contributed by atoms with van der Waals surface area (Å²) < 4.78 is 0. The van der Waals surface area contributed by atoms with Gasteiger partial charge in [-0.25, -0.2) is 0 Å². The third-order valence-electron chi connectivity index (χ3n) is 4.31. The van der Waals surface area contributed by atoms with Crippen LogP contribution in [-0.2, 0) is 0 Å². The lowest BCUT2D eigenvalue weighted by Gasteiger charge is -2.24. The fraction of sp³-hybridized carbons (Fsp3) is 0.588. The number of anilines is 1. The number of benzene rings is 1. The third kappa shape index (κ3) is 3.14. The van der Waals surface area contributed by atoms with Gasteiger partial charge in [0.05, 0.1) is 5.56 Å². The van der Waals surface area contributed by atoms with Crippen LogP contribution in [0, 0.1) is 18.8 Å². The summed E-state index contributed by atoms with van der Waals surface area (Å²) in [5.41, 5.74) is 2.95. The van der Waals surface area contributed by atoms with E-state index in [2.05, 4.69) is 23.2 Å². The zero-order valence-electron chi connectivity index (χ0n) is 12.5. The molecule has 2 aliphatic rings. The molecule has 20 heavy (non-hydrogen) atoms. The Labute approximate surface area is 121 Å². The largest absolute Gasteiger partial charge is 0.387 e. The minimum Gasteiger partial charge on any atom is -0.387 e. The Morgan fingerprint density at radius 3 is 2.30 bits per heavy atom. The molecule has 0 bridgehead atoms. The number of rotatable bonds is 6. The SMILES string of the molecule is CNc1cc(C)ccc1C(=O)N(CC1CC1)CC1CC1. The molecule has 1 aromatic carbocycles. The molecule has 0 atom stereocenters. The summed E-state index contributed by atoms with van der Waals surface area (Å²) in [5, 5.41) is 3.16. The van der Waals surface area contributed by atoms with Crippen molar-refractivity contribution in [3.8, 4) is 0 Å². The number of hydrogen-bond donors (Lipinski definition) is 1. The van der Waals surface area contributed by atoms with Crippen LogP contribution in [0.1, 0.15) is 41.6 Å². The second kappa shape index (κ2) is 5.47. The van der Waals surface area contributed by atoms with Crippen LogP contribution < -0.4 is 5.32 Å². The maximum absolute atomic E-state index is 12.8. The average Bonchev–Trinajstić information content (AvgIpc) is 3.32. The van der Waals surface area contributed by atoms with Crippen molar-refractivity contribution in [2.45, 2.75) is 32.6 Å². The smallest absolute Gasteiger partial charge is 0.255 e. The molecular weight excluding hydrogens is 248 g/mol. The fourth-order valence-electron chi connectivity index (χ4n) is 2.69. The normalized spacial score (nSPS) is 17.9. The molecule has 3 nitrogen and oxygen atoms in total. The molecule has 2 aliphatic carbocycles. The zero-order chi connectivity index (χ0) is 14.1. The van der Waals surface area contributed by atoms with E-state index in [1.807, 2.05) is 19.2 Å². The van der Waals surface area contributed by atoms with E-state index in [-0.39, 0.29) is 5.91 Å². The molecule has 3 rings (SSSR count). The second-order valence-electron chi connectivity index (χ2n) is 6.40. The summed E-state index contributed by atoms with van der Waals surface area (Å²) in [4.78, 5) is 14.9. The van der Waals surface area contributed by atoms with E-state index in [0.29, 0.717) is 0 Å². The van der Waals surface area contributed by atoms with Crippen molar-refractivity contribution in [2.24, 2.45) is 11.8 Å². The Morgan fingerprint density at radius 2 is 1.80 bits per heavy atom.